The van der Waals surface area contributed by atoms with Crippen LogP contribution in [-0.4, -0.2) is 33.4 Å². The molecular weight excluding hydrogens is 382 g/mol. The maximum atomic E-state index is 12.1. The lowest BCUT2D eigenvalue weighted by Gasteiger charge is -2.25. The molecule has 0 radical (unpaired) electrons. The normalized spacial score (nSPS) is 16.4. The van der Waals surface area contributed by atoms with E-state index in [4.69, 9.17) is 15.7 Å². The highest BCUT2D eigenvalue weighted by molar-refractivity contribution is 7.17. The minimum Gasteiger partial charge on any atom is -0.368 e. The Balaban J connectivity index is 1.76. The third kappa shape index (κ3) is 3.13. The molecule has 1 aromatic carbocycles. The fourth-order valence-corrected chi connectivity index (χ4v) is 4.84. The summed E-state index contributed by atoms with van der Waals surface area (Å²) in [4.78, 5) is 29.0. The van der Waals surface area contributed by atoms with E-state index in [1.165, 1.54) is 0 Å². The van der Waals surface area contributed by atoms with Gasteiger partial charge in [-0.2, -0.15) is 0 Å². The summed E-state index contributed by atoms with van der Waals surface area (Å²) in [5.41, 5.74) is 8.74. The fourth-order valence-electron chi connectivity index (χ4n) is 3.90. The number of anilines is 1. The van der Waals surface area contributed by atoms with Crippen molar-refractivity contribution in [3.05, 3.63) is 60.2 Å². The van der Waals surface area contributed by atoms with Crippen LogP contribution in [0.2, 0.25) is 0 Å². The summed E-state index contributed by atoms with van der Waals surface area (Å²) in [6.45, 7) is 0.746. The molecule has 1 aliphatic heterocycles. The van der Waals surface area contributed by atoms with Crippen molar-refractivity contribution < 1.29 is 4.79 Å². The van der Waals surface area contributed by atoms with E-state index in [-0.39, 0.29) is 11.9 Å². The molecule has 1 fully saturated rings. The molecule has 5 rings (SSSR count). The molecule has 0 bridgehead atoms. The van der Waals surface area contributed by atoms with Gasteiger partial charge >= 0.3 is 0 Å². The van der Waals surface area contributed by atoms with Crippen molar-refractivity contribution in [2.75, 3.05) is 11.4 Å². The van der Waals surface area contributed by atoms with Crippen LogP contribution < -0.4 is 10.6 Å². The van der Waals surface area contributed by atoms with Crippen molar-refractivity contribution in [2.45, 2.75) is 18.9 Å². The van der Waals surface area contributed by atoms with Gasteiger partial charge in [0.2, 0.25) is 5.91 Å². The molecule has 6 nitrogen and oxygen atoms in total. The summed E-state index contributed by atoms with van der Waals surface area (Å²) in [7, 11) is 0. The van der Waals surface area contributed by atoms with Crippen molar-refractivity contribution in [1.82, 2.24) is 15.0 Å². The molecule has 1 atom stereocenters. The third-order valence-corrected chi connectivity index (χ3v) is 6.14. The number of nitrogens with zero attached hydrogens (tertiary/aromatic N) is 4. The van der Waals surface area contributed by atoms with Crippen molar-refractivity contribution >= 4 is 33.3 Å². The van der Waals surface area contributed by atoms with Crippen LogP contribution in [0.1, 0.15) is 12.8 Å². The number of thiophene rings is 1. The standard InChI is InChI=1S/C22H19N5OS/c23-19(28)17-9-5-11-27(17)21-18-16(14-6-2-1-3-7-14)13-29-22(18)26-20(25-21)15-8-4-10-24-12-15/h1-4,6-8,10,12-13,17H,5,9,11H2,(H2,23,28). The van der Waals surface area contributed by atoms with E-state index in [0.717, 1.165) is 52.1 Å². The van der Waals surface area contributed by atoms with E-state index in [1.807, 2.05) is 35.2 Å². The molecule has 29 heavy (non-hydrogen) atoms. The molecule has 0 saturated carbocycles. The van der Waals surface area contributed by atoms with Crippen molar-refractivity contribution in [1.29, 1.82) is 0 Å². The van der Waals surface area contributed by atoms with Gasteiger partial charge in [0, 0.05) is 35.4 Å². The van der Waals surface area contributed by atoms with Crippen molar-refractivity contribution in [2.24, 2.45) is 5.73 Å². The summed E-state index contributed by atoms with van der Waals surface area (Å²) < 4.78 is 0. The first-order chi connectivity index (χ1) is 14.2. The number of carbonyl (C=O) groups is 1. The maximum Gasteiger partial charge on any atom is 0.240 e. The number of benzene rings is 1. The summed E-state index contributed by atoms with van der Waals surface area (Å²) in [5.74, 6) is 1.07. The Bertz CT molecular complexity index is 1180. The van der Waals surface area contributed by atoms with Gasteiger partial charge in [0.05, 0.1) is 5.39 Å². The van der Waals surface area contributed by atoms with Crippen LogP contribution in [0.4, 0.5) is 5.82 Å². The number of hydrogen-bond acceptors (Lipinski definition) is 6. The minimum absolute atomic E-state index is 0.311. The van der Waals surface area contributed by atoms with E-state index in [2.05, 4.69) is 22.5 Å². The predicted molar refractivity (Wildman–Crippen MR) is 116 cm³/mol. The predicted octanol–water partition coefficient (Wildman–Crippen LogP) is 3.87. The quantitative estimate of drug-likeness (QED) is 0.561. The van der Waals surface area contributed by atoms with Crippen LogP contribution in [0, 0.1) is 0 Å². The topological polar surface area (TPSA) is 85.0 Å². The second-order valence-corrected chi connectivity index (χ2v) is 7.92. The zero-order valence-electron chi connectivity index (χ0n) is 15.7. The molecule has 144 valence electrons. The average Bonchev–Trinajstić information content (AvgIpc) is 3.42. The van der Waals surface area contributed by atoms with Crippen LogP contribution in [0.25, 0.3) is 32.7 Å². The second-order valence-electron chi connectivity index (χ2n) is 7.06. The monoisotopic (exact) mass is 401 g/mol. The molecule has 1 unspecified atom stereocenters. The molecular formula is C22H19N5OS. The lowest BCUT2D eigenvalue weighted by Crippen LogP contribution is -2.40. The summed E-state index contributed by atoms with van der Waals surface area (Å²) in [6.07, 6.45) is 5.14. The minimum atomic E-state index is -0.349. The zero-order valence-corrected chi connectivity index (χ0v) is 16.5. The van der Waals surface area contributed by atoms with E-state index in [9.17, 15) is 4.79 Å². The number of nitrogens with two attached hydrogens (primary N) is 1. The molecule has 0 aliphatic carbocycles. The third-order valence-electron chi connectivity index (χ3n) is 5.27. The molecule has 4 aromatic rings. The first kappa shape index (κ1) is 17.8. The summed E-state index contributed by atoms with van der Waals surface area (Å²) >= 11 is 1.59. The van der Waals surface area contributed by atoms with Gasteiger partial charge in [-0.1, -0.05) is 30.3 Å². The highest BCUT2D eigenvalue weighted by atomic mass is 32.1. The van der Waals surface area contributed by atoms with Gasteiger partial charge in [0.25, 0.3) is 0 Å². The van der Waals surface area contributed by atoms with Gasteiger partial charge in [-0.3, -0.25) is 9.78 Å². The number of pyridine rings is 1. The Kier molecular flexibility index (Phi) is 4.44. The molecule has 1 saturated heterocycles. The molecule has 1 aliphatic rings. The van der Waals surface area contributed by atoms with E-state index < -0.39 is 0 Å². The molecule has 2 N–H and O–H groups in total. The molecule has 7 heteroatoms. The highest BCUT2D eigenvalue weighted by Crippen LogP contribution is 2.41. The Hall–Kier alpha value is -3.32. The summed E-state index contributed by atoms with van der Waals surface area (Å²) in [6, 6.07) is 13.7. The summed E-state index contributed by atoms with van der Waals surface area (Å²) in [5, 5.41) is 3.09. The van der Waals surface area contributed by atoms with E-state index >= 15 is 0 Å². The number of primary amides is 1. The van der Waals surface area contributed by atoms with Gasteiger partial charge in [-0.25, -0.2) is 9.97 Å². The Labute approximate surface area is 172 Å². The number of amides is 1. The number of rotatable bonds is 4. The van der Waals surface area contributed by atoms with Gasteiger partial charge in [0.15, 0.2) is 5.82 Å². The molecule has 0 spiro atoms. The van der Waals surface area contributed by atoms with E-state index in [0.29, 0.717) is 5.82 Å². The Morgan fingerprint density at radius 3 is 2.69 bits per heavy atom. The van der Waals surface area contributed by atoms with Gasteiger partial charge in [-0.05, 0) is 30.5 Å². The maximum absolute atomic E-state index is 12.1. The van der Waals surface area contributed by atoms with Crippen LogP contribution >= 0.6 is 11.3 Å². The molecule has 3 aromatic heterocycles. The lowest BCUT2D eigenvalue weighted by molar-refractivity contribution is -0.119. The lowest BCUT2D eigenvalue weighted by atomic mass is 10.1. The van der Waals surface area contributed by atoms with Crippen molar-refractivity contribution in [3.8, 4) is 22.5 Å². The first-order valence-corrected chi connectivity index (χ1v) is 10.4. The molecule has 1 amide bonds. The van der Waals surface area contributed by atoms with Crippen LogP contribution in [0.15, 0.2) is 60.2 Å². The van der Waals surface area contributed by atoms with Crippen molar-refractivity contribution in [3.63, 3.8) is 0 Å². The van der Waals surface area contributed by atoms with Crippen LogP contribution in [-0.2, 0) is 4.79 Å². The smallest absolute Gasteiger partial charge is 0.240 e. The first-order valence-electron chi connectivity index (χ1n) is 9.53. The highest BCUT2D eigenvalue weighted by Gasteiger charge is 2.32. The number of carbonyl (C=O) groups excluding carboxylic acids is 1. The second kappa shape index (κ2) is 7.25. The number of fused-ring (bicyclic) bond motifs is 1. The average molecular weight is 401 g/mol. The van der Waals surface area contributed by atoms with Gasteiger partial charge in [-0.15, -0.1) is 11.3 Å². The van der Waals surface area contributed by atoms with Crippen LogP contribution in [0.5, 0.6) is 0 Å². The van der Waals surface area contributed by atoms with Gasteiger partial charge in [0.1, 0.15) is 16.7 Å². The fraction of sp³-hybridized carbons (Fsp3) is 0.182. The van der Waals surface area contributed by atoms with Gasteiger partial charge < -0.3 is 10.6 Å². The molecule has 4 heterocycles. The number of aromatic nitrogens is 3. The van der Waals surface area contributed by atoms with Crippen LogP contribution in [0.3, 0.4) is 0 Å². The Morgan fingerprint density at radius 1 is 1.10 bits per heavy atom. The SMILES string of the molecule is NC(=O)C1CCCN1c1nc(-c2cccnc2)nc2scc(-c3ccccc3)c12. The van der Waals surface area contributed by atoms with E-state index in [1.54, 1.807) is 23.7 Å². The zero-order chi connectivity index (χ0) is 19.8. The Morgan fingerprint density at radius 2 is 1.93 bits per heavy atom. The largest absolute Gasteiger partial charge is 0.368 e. The number of hydrogen-bond donors (Lipinski definition) is 1.